The lowest BCUT2D eigenvalue weighted by molar-refractivity contribution is 0.102. The van der Waals surface area contributed by atoms with Crippen LogP contribution in [0.4, 0.5) is 5.69 Å². The van der Waals surface area contributed by atoms with Gasteiger partial charge in [0.15, 0.2) is 0 Å². The largest absolute Gasteiger partial charge is 0.474 e. The number of carbonyl (C=O) groups is 1. The van der Waals surface area contributed by atoms with Crippen LogP contribution in [0.5, 0.6) is 5.88 Å². The van der Waals surface area contributed by atoms with Gasteiger partial charge in [0.05, 0.1) is 11.9 Å². The molecule has 1 N–H and O–H groups in total. The summed E-state index contributed by atoms with van der Waals surface area (Å²) >= 11 is 0. The molecule has 5 heteroatoms. The zero-order chi connectivity index (χ0) is 19.4. The Kier molecular flexibility index (Phi) is 5.80. The van der Waals surface area contributed by atoms with Crippen LogP contribution in [0.3, 0.4) is 0 Å². The van der Waals surface area contributed by atoms with Gasteiger partial charge < -0.3 is 15.0 Å². The Morgan fingerprint density at radius 2 is 1.78 bits per heavy atom. The Hall–Kier alpha value is -2.40. The van der Waals surface area contributed by atoms with Crippen molar-refractivity contribution in [3.8, 4) is 5.88 Å². The predicted molar refractivity (Wildman–Crippen MR) is 108 cm³/mol. The molecular formula is C22H29N3O2. The first-order valence-electron chi connectivity index (χ1n) is 9.54. The molecule has 0 radical (unpaired) electrons. The molecule has 1 aliphatic rings. The molecule has 2 aromatic rings. The molecule has 144 valence electrons. The van der Waals surface area contributed by atoms with E-state index in [0.717, 1.165) is 25.9 Å². The van der Waals surface area contributed by atoms with E-state index in [9.17, 15) is 4.79 Å². The van der Waals surface area contributed by atoms with Crippen LogP contribution in [0, 0.1) is 0 Å². The highest BCUT2D eigenvalue weighted by molar-refractivity contribution is 6.04. The van der Waals surface area contributed by atoms with E-state index in [4.69, 9.17) is 4.74 Å². The number of pyridine rings is 1. The molecule has 1 saturated heterocycles. The maximum atomic E-state index is 12.4. The molecule has 1 aliphatic heterocycles. The summed E-state index contributed by atoms with van der Waals surface area (Å²) in [4.78, 5) is 19.1. The lowest BCUT2D eigenvalue weighted by Gasteiger charge is -2.28. The Labute approximate surface area is 161 Å². The minimum absolute atomic E-state index is 0.0719. The van der Waals surface area contributed by atoms with E-state index in [0.29, 0.717) is 17.1 Å². The molecule has 5 nitrogen and oxygen atoms in total. The maximum Gasteiger partial charge on any atom is 0.255 e. The molecule has 0 saturated carbocycles. The summed E-state index contributed by atoms with van der Waals surface area (Å²) in [5.41, 5.74) is 2.57. The second-order valence-corrected chi connectivity index (χ2v) is 8.29. The minimum atomic E-state index is -0.138. The predicted octanol–water partition coefficient (Wildman–Crippen LogP) is 4.10. The number of likely N-dealkylation sites (tertiary alicyclic amines) is 1. The van der Waals surface area contributed by atoms with Crippen LogP contribution < -0.4 is 10.1 Å². The van der Waals surface area contributed by atoms with Crippen molar-refractivity contribution in [1.29, 1.82) is 0 Å². The molecule has 1 fully saturated rings. The molecular weight excluding hydrogens is 338 g/mol. The fourth-order valence-corrected chi connectivity index (χ4v) is 3.12. The number of aromatic nitrogens is 1. The van der Waals surface area contributed by atoms with Crippen LogP contribution in [-0.4, -0.2) is 42.0 Å². The summed E-state index contributed by atoms with van der Waals surface area (Å²) in [7, 11) is 2.13. The van der Waals surface area contributed by atoms with Gasteiger partial charge in [-0.15, -0.1) is 0 Å². The third kappa shape index (κ3) is 5.30. The highest BCUT2D eigenvalue weighted by atomic mass is 16.5. The van der Waals surface area contributed by atoms with Gasteiger partial charge in [0.2, 0.25) is 5.88 Å². The summed E-state index contributed by atoms with van der Waals surface area (Å²) in [6.45, 7) is 8.56. The fourth-order valence-electron chi connectivity index (χ4n) is 3.12. The van der Waals surface area contributed by atoms with E-state index >= 15 is 0 Å². The first-order chi connectivity index (χ1) is 12.8. The molecule has 0 spiro atoms. The molecule has 0 bridgehead atoms. The van der Waals surface area contributed by atoms with Crippen molar-refractivity contribution in [3.05, 3.63) is 53.7 Å². The van der Waals surface area contributed by atoms with Crippen molar-refractivity contribution < 1.29 is 9.53 Å². The van der Waals surface area contributed by atoms with Crippen molar-refractivity contribution >= 4 is 11.6 Å². The van der Waals surface area contributed by atoms with Crippen molar-refractivity contribution in [3.63, 3.8) is 0 Å². The summed E-state index contributed by atoms with van der Waals surface area (Å²) in [5.74, 6) is 0.471. The molecule has 2 heterocycles. The second kappa shape index (κ2) is 8.09. The third-order valence-electron chi connectivity index (χ3n) is 4.96. The number of anilines is 1. The van der Waals surface area contributed by atoms with Crippen LogP contribution in [0.1, 0.15) is 49.5 Å². The molecule has 0 atom stereocenters. The quantitative estimate of drug-likeness (QED) is 0.884. The van der Waals surface area contributed by atoms with Crippen molar-refractivity contribution in [2.24, 2.45) is 0 Å². The van der Waals surface area contributed by atoms with E-state index < -0.39 is 0 Å². The van der Waals surface area contributed by atoms with E-state index in [1.165, 1.54) is 5.56 Å². The van der Waals surface area contributed by atoms with Gasteiger partial charge in [0, 0.05) is 24.7 Å². The van der Waals surface area contributed by atoms with Gasteiger partial charge in [-0.1, -0.05) is 32.9 Å². The summed E-state index contributed by atoms with van der Waals surface area (Å²) in [6.07, 6.45) is 3.89. The van der Waals surface area contributed by atoms with Crippen LogP contribution in [0.2, 0.25) is 0 Å². The fraction of sp³-hybridized carbons (Fsp3) is 0.455. The summed E-state index contributed by atoms with van der Waals surface area (Å²) < 4.78 is 5.94. The van der Waals surface area contributed by atoms with Gasteiger partial charge in [-0.25, -0.2) is 4.98 Å². The van der Waals surface area contributed by atoms with E-state index in [2.05, 4.69) is 43.0 Å². The maximum absolute atomic E-state index is 12.4. The average Bonchev–Trinajstić information content (AvgIpc) is 2.64. The first-order valence-corrected chi connectivity index (χ1v) is 9.54. The lowest BCUT2D eigenvalue weighted by atomic mass is 9.87. The summed E-state index contributed by atoms with van der Waals surface area (Å²) in [5, 5.41) is 2.89. The smallest absolute Gasteiger partial charge is 0.255 e. The van der Waals surface area contributed by atoms with Crippen LogP contribution in [0.25, 0.3) is 0 Å². The van der Waals surface area contributed by atoms with Gasteiger partial charge >= 0.3 is 0 Å². The Morgan fingerprint density at radius 3 is 2.33 bits per heavy atom. The van der Waals surface area contributed by atoms with E-state index in [1.807, 2.05) is 36.4 Å². The number of hydrogen-bond donors (Lipinski definition) is 1. The summed E-state index contributed by atoms with van der Waals surface area (Å²) in [6, 6.07) is 11.4. The molecule has 3 rings (SSSR count). The standard InChI is InChI=1S/C22H29N3O2/c1-22(2,3)17-7-5-16(6-8-17)21(26)24-18-9-10-20(23-15-18)27-19-11-13-25(4)14-12-19/h5-10,15,19H,11-14H2,1-4H3,(H,24,26). The highest BCUT2D eigenvalue weighted by Crippen LogP contribution is 2.23. The topological polar surface area (TPSA) is 54.5 Å². The monoisotopic (exact) mass is 367 g/mol. The third-order valence-corrected chi connectivity index (χ3v) is 4.96. The van der Waals surface area contributed by atoms with Crippen LogP contribution in [-0.2, 0) is 5.41 Å². The van der Waals surface area contributed by atoms with Gasteiger partial charge in [0.1, 0.15) is 6.10 Å². The number of amides is 1. The number of nitrogens with one attached hydrogen (secondary N) is 1. The number of hydrogen-bond acceptors (Lipinski definition) is 4. The Morgan fingerprint density at radius 1 is 1.11 bits per heavy atom. The minimum Gasteiger partial charge on any atom is -0.474 e. The van der Waals surface area contributed by atoms with Crippen molar-refractivity contribution in [2.45, 2.75) is 45.1 Å². The molecule has 0 aliphatic carbocycles. The highest BCUT2D eigenvalue weighted by Gasteiger charge is 2.18. The molecule has 1 aromatic carbocycles. The molecule has 1 amide bonds. The average molecular weight is 367 g/mol. The Balaban J connectivity index is 1.57. The van der Waals surface area contributed by atoms with E-state index in [-0.39, 0.29) is 17.4 Å². The number of nitrogens with zero attached hydrogens (tertiary/aromatic N) is 2. The lowest BCUT2D eigenvalue weighted by Crippen LogP contribution is -2.35. The number of carbonyl (C=O) groups excluding carboxylic acids is 1. The zero-order valence-corrected chi connectivity index (χ0v) is 16.7. The van der Waals surface area contributed by atoms with Crippen LogP contribution in [0.15, 0.2) is 42.6 Å². The first kappa shape index (κ1) is 19.4. The number of benzene rings is 1. The number of rotatable bonds is 4. The normalized spacial score (nSPS) is 16.1. The Bertz CT molecular complexity index is 756. The van der Waals surface area contributed by atoms with Gasteiger partial charge in [-0.3, -0.25) is 4.79 Å². The number of piperidine rings is 1. The number of ether oxygens (including phenoxy) is 1. The van der Waals surface area contributed by atoms with E-state index in [1.54, 1.807) is 6.20 Å². The van der Waals surface area contributed by atoms with Gasteiger partial charge in [0.25, 0.3) is 5.91 Å². The van der Waals surface area contributed by atoms with Gasteiger partial charge in [-0.2, -0.15) is 0 Å². The second-order valence-electron chi connectivity index (χ2n) is 8.29. The van der Waals surface area contributed by atoms with Crippen LogP contribution >= 0.6 is 0 Å². The zero-order valence-electron chi connectivity index (χ0n) is 16.7. The molecule has 1 aromatic heterocycles. The van der Waals surface area contributed by atoms with Crippen molar-refractivity contribution in [1.82, 2.24) is 9.88 Å². The van der Waals surface area contributed by atoms with Gasteiger partial charge in [-0.05, 0) is 49.1 Å². The van der Waals surface area contributed by atoms with Crippen molar-refractivity contribution in [2.75, 3.05) is 25.5 Å². The molecule has 0 unspecified atom stereocenters. The SMILES string of the molecule is CN1CCC(Oc2ccc(NC(=O)c3ccc(C(C)(C)C)cc3)cn2)CC1. The molecule has 27 heavy (non-hydrogen) atoms.